The molecule has 2 atom stereocenters. The molecule has 1 N–H and O–H groups in total. The summed E-state index contributed by atoms with van der Waals surface area (Å²) in [6.45, 7) is 4.23. The highest BCUT2D eigenvalue weighted by Crippen LogP contribution is 2.12. The molecule has 1 saturated heterocycles. The van der Waals surface area contributed by atoms with Crippen molar-refractivity contribution in [3.63, 3.8) is 0 Å². The predicted molar refractivity (Wildman–Crippen MR) is 68.5 cm³/mol. The smallest absolute Gasteiger partial charge is 0.323 e. The molecule has 0 saturated carbocycles. The minimum Gasteiger partial charge on any atom is -0.465 e. The Morgan fingerprint density at radius 2 is 2.33 bits per heavy atom. The van der Waals surface area contributed by atoms with E-state index in [9.17, 15) is 4.79 Å². The fraction of sp³-hybridized carbons (Fsp3) is 0.923. The highest BCUT2D eigenvalue weighted by atomic mass is 16.5. The Morgan fingerprint density at radius 3 is 2.94 bits per heavy atom. The number of rotatable bonds is 8. The van der Waals surface area contributed by atoms with E-state index in [2.05, 4.69) is 5.32 Å². The van der Waals surface area contributed by atoms with Gasteiger partial charge in [0.25, 0.3) is 0 Å². The van der Waals surface area contributed by atoms with E-state index >= 15 is 0 Å². The van der Waals surface area contributed by atoms with Gasteiger partial charge >= 0.3 is 5.97 Å². The number of esters is 1. The number of hydrogen-bond acceptors (Lipinski definition) is 5. The van der Waals surface area contributed by atoms with Crippen molar-refractivity contribution in [2.24, 2.45) is 0 Å². The van der Waals surface area contributed by atoms with Crippen molar-refractivity contribution in [1.29, 1.82) is 0 Å². The summed E-state index contributed by atoms with van der Waals surface area (Å²) in [5, 5.41) is 2.94. The number of carbonyl (C=O) groups excluding carboxylic acids is 1. The van der Waals surface area contributed by atoms with E-state index in [1.165, 1.54) is 6.42 Å². The number of carbonyl (C=O) groups is 1. The molecule has 1 aliphatic heterocycles. The maximum Gasteiger partial charge on any atom is 0.323 e. The first-order chi connectivity index (χ1) is 8.77. The van der Waals surface area contributed by atoms with Crippen LogP contribution < -0.4 is 5.32 Å². The molecule has 0 aliphatic carbocycles. The molecule has 0 spiro atoms. The molecular formula is C13H25NO4. The van der Waals surface area contributed by atoms with E-state index in [0.717, 1.165) is 19.4 Å². The van der Waals surface area contributed by atoms with Crippen molar-refractivity contribution >= 4 is 5.97 Å². The second-order valence-electron chi connectivity index (χ2n) is 4.45. The molecular weight excluding hydrogens is 234 g/mol. The van der Waals surface area contributed by atoms with Crippen LogP contribution in [-0.2, 0) is 19.0 Å². The van der Waals surface area contributed by atoms with Gasteiger partial charge in [-0.25, -0.2) is 0 Å². The van der Waals surface area contributed by atoms with E-state index in [0.29, 0.717) is 26.2 Å². The molecule has 0 aromatic carbocycles. The van der Waals surface area contributed by atoms with Gasteiger partial charge in [-0.15, -0.1) is 0 Å². The van der Waals surface area contributed by atoms with Crippen molar-refractivity contribution in [1.82, 2.24) is 5.32 Å². The summed E-state index contributed by atoms with van der Waals surface area (Å²) in [6.07, 6.45) is 4.31. The van der Waals surface area contributed by atoms with Crippen LogP contribution in [0.15, 0.2) is 0 Å². The van der Waals surface area contributed by atoms with Crippen LogP contribution in [0, 0.1) is 0 Å². The topological polar surface area (TPSA) is 56.8 Å². The monoisotopic (exact) mass is 259 g/mol. The first-order valence-corrected chi connectivity index (χ1v) is 6.81. The first kappa shape index (κ1) is 15.4. The number of ether oxygens (including phenoxy) is 3. The zero-order chi connectivity index (χ0) is 13.2. The van der Waals surface area contributed by atoms with Crippen LogP contribution >= 0.6 is 0 Å². The number of hydrogen-bond donors (Lipinski definition) is 1. The van der Waals surface area contributed by atoms with E-state index in [4.69, 9.17) is 14.2 Å². The average molecular weight is 259 g/mol. The fourth-order valence-corrected chi connectivity index (χ4v) is 1.98. The van der Waals surface area contributed by atoms with Crippen LogP contribution in [0.1, 0.15) is 32.6 Å². The lowest BCUT2D eigenvalue weighted by Crippen LogP contribution is -2.37. The lowest BCUT2D eigenvalue weighted by molar-refractivity contribution is -0.146. The van der Waals surface area contributed by atoms with E-state index < -0.39 is 0 Å². The Morgan fingerprint density at radius 1 is 1.50 bits per heavy atom. The van der Waals surface area contributed by atoms with Crippen LogP contribution in [0.2, 0.25) is 0 Å². The van der Waals surface area contributed by atoms with Gasteiger partial charge in [0.05, 0.1) is 19.3 Å². The SMILES string of the molecule is CCOC(=O)C(CCOCC1CCCCO1)NC. The lowest BCUT2D eigenvalue weighted by Gasteiger charge is -2.22. The highest BCUT2D eigenvalue weighted by molar-refractivity contribution is 5.75. The van der Waals surface area contributed by atoms with Gasteiger partial charge in [0.1, 0.15) is 6.04 Å². The third-order valence-corrected chi connectivity index (χ3v) is 3.05. The molecule has 1 fully saturated rings. The van der Waals surface area contributed by atoms with Crippen molar-refractivity contribution in [2.75, 3.05) is 33.5 Å². The van der Waals surface area contributed by atoms with Gasteiger partial charge in [0.15, 0.2) is 0 Å². The molecule has 0 amide bonds. The highest BCUT2D eigenvalue weighted by Gasteiger charge is 2.18. The Bertz CT molecular complexity index is 229. The number of nitrogens with one attached hydrogen (secondary N) is 1. The van der Waals surface area contributed by atoms with Gasteiger partial charge in [-0.1, -0.05) is 0 Å². The van der Waals surface area contributed by atoms with Crippen molar-refractivity contribution in [3.8, 4) is 0 Å². The third-order valence-electron chi connectivity index (χ3n) is 3.05. The van der Waals surface area contributed by atoms with Gasteiger partial charge < -0.3 is 19.5 Å². The lowest BCUT2D eigenvalue weighted by atomic mass is 10.1. The minimum absolute atomic E-state index is 0.211. The van der Waals surface area contributed by atoms with Gasteiger partial charge in [-0.2, -0.15) is 0 Å². The van der Waals surface area contributed by atoms with Crippen molar-refractivity contribution in [3.05, 3.63) is 0 Å². The Labute approximate surface area is 109 Å². The summed E-state index contributed by atoms with van der Waals surface area (Å²) >= 11 is 0. The quantitative estimate of drug-likeness (QED) is 0.523. The second kappa shape index (κ2) is 9.30. The van der Waals surface area contributed by atoms with Crippen LogP contribution in [0.4, 0.5) is 0 Å². The zero-order valence-electron chi connectivity index (χ0n) is 11.4. The first-order valence-electron chi connectivity index (χ1n) is 6.81. The third kappa shape index (κ3) is 5.80. The molecule has 5 nitrogen and oxygen atoms in total. The summed E-state index contributed by atoms with van der Waals surface area (Å²) in [7, 11) is 1.76. The Kier molecular flexibility index (Phi) is 7.96. The normalized spacial score (nSPS) is 21.6. The largest absolute Gasteiger partial charge is 0.465 e. The van der Waals surface area contributed by atoms with Crippen LogP contribution in [0.25, 0.3) is 0 Å². The Hall–Kier alpha value is -0.650. The summed E-state index contributed by atoms with van der Waals surface area (Å²) < 4.78 is 16.1. The molecule has 1 heterocycles. The standard InChI is InChI=1S/C13H25NO4/c1-3-17-13(15)12(14-2)7-9-16-10-11-6-4-5-8-18-11/h11-12,14H,3-10H2,1-2H3. The van der Waals surface area contributed by atoms with Gasteiger partial charge in [-0.3, -0.25) is 4.79 Å². The van der Waals surface area contributed by atoms with E-state index in [1.54, 1.807) is 7.05 Å². The average Bonchev–Trinajstić information content (AvgIpc) is 2.40. The maximum atomic E-state index is 11.5. The minimum atomic E-state index is -0.280. The maximum absolute atomic E-state index is 11.5. The number of likely N-dealkylation sites (N-methyl/N-ethyl adjacent to an activating group) is 1. The Balaban J connectivity index is 2.09. The second-order valence-corrected chi connectivity index (χ2v) is 4.45. The summed E-state index contributed by atoms with van der Waals surface area (Å²) in [5.74, 6) is -0.211. The van der Waals surface area contributed by atoms with Crippen LogP contribution in [0.3, 0.4) is 0 Å². The summed E-state index contributed by atoms with van der Waals surface area (Å²) in [4.78, 5) is 11.5. The molecule has 1 aliphatic rings. The molecule has 0 radical (unpaired) electrons. The zero-order valence-corrected chi connectivity index (χ0v) is 11.4. The molecule has 5 heteroatoms. The molecule has 106 valence electrons. The predicted octanol–water partition coefficient (Wildman–Crippen LogP) is 1.11. The summed E-state index contributed by atoms with van der Waals surface area (Å²) in [5.41, 5.74) is 0. The van der Waals surface area contributed by atoms with Gasteiger partial charge in [0.2, 0.25) is 0 Å². The van der Waals surface area contributed by atoms with Gasteiger partial charge in [-0.05, 0) is 39.7 Å². The van der Waals surface area contributed by atoms with Crippen LogP contribution in [0.5, 0.6) is 0 Å². The van der Waals surface area contributed by atoms with Gasteiger partial charge in [0, 0.05) is 13.2 Å². The van der Waals surface area contributed by atoms with Crippen LogP contribution in [-0.4, -0.2) is 51.6 Å². The van der Waals surface area contributed by atoms with Crippen molar-refractivity contribution < 1.29 is 19.0 Å². The summed E-state index contributed by atoms with van der Waals surface area (Å²) in [6, 6.07) is -0.280. The molecule has 18 heavy (non-hydrogen) atoms. The molecule has 2 unspecified atom stereocenters. The fourth-order valence-electron chi connectivity index (χ4n) is 1.98. The molecule has 0 aromatic heterocycles. The van der Waals surface area contributed by atoms with E-state index in [-0.39, 0.29) is 18.1 Å². The molecule has 0 bridgehead atoms. The van der Waals surface area contributed by atoms with E-state index in [1.807, 2.05) is 6.92 Å². The van der Waals surface area contributed by atoms with Crippen molar-refractivity contribution in [2.45, 2.75) is 44.8 Å². The molecule has 1 rings (SSSR count). The molecule has 0 aromatic rings.